The number of benzene rings is 1. The van der Waals surface area contributed by atoms with Gasteiger partial charge in [-0.1, -0.05) is 24.1 Å². The Morgan fingerprint density at radius 1 is 1.24 bits per heavy atom. The summed E-state index contributed by atoms with van der Waals surface area (Å²) in [5.74, 6) is 0.783. The minimum absolute atomic E-state index is 0.504. The van der Waals surface area contributed by atoms with Crippen LogP contribution in [0, 0.1) is 5.92 Å². The molecule has 1 saturated heterocycles. The second kappa shape index (κ2) is 6.55. The molecule has 1 aliphatic heterocycles. The van der Waals surface area contributed by atoms with Crippen molar-refractivity contribution in [2.45, 2.75) is 25.3 Å². The Morgan fingerprint density at radius 2 is 1.95 bits per heavy atom. The van der Waals surface area contributed by atoms with Crippen molar-refractivity contribution in [1.82, 2.24) is 10.2 Å². The predicted octanol–water partition coefficient (Wildman–Crippen LogP) is 3.15. The van der Waals surface area contributed by atoms with Gasteiger partial charge in [0.05, 0.1) is 0 Å². The molecule has 116 valence electrons. The van der Waals surface area contributed by atoms with Gasteiger partial charge in [-0.3, -0.25) is 4.90 Å². The van der Waals surface area contributed by atoms with E-state index in [0.29, 0.717) is 6.04 Å². The first kappa shape index (κ1) is 15.1. The first-order valence-corrected chi connectivity index (χ1v) is 8.46. The number of nitrogens with zero attached hydrogens (tertiary/aromatic N) is 2. The highest BCUT2D eigenvalue weighted by atomic mass is 35.5. The van der Waals surface area contributed by atoms with E-state index in [9.17, 15) is 0 Å². The number of nitrogens with one attached hydrogen (secondary N) is 1. The fourth-order valence-electron chi connectivity index (χ4n) is 3.50. The summed E-state index contributed by atoms with van der Waals surface area (Å²) in [7, 11) is 4.12. The Morgan fingerprint density at radius 3 is 2.48 bits per heavy atom. The maximum Gasteiger partial charge on any atom is 0.0474 e. The Bertz CT molecular complexity index is 479. The number of hydrogen-bond acceptors (Lipinski definition) is 3. The van der Waals surface area contributed by atoms with Crippen LogP contribution in [0.1, 0.15) is 30.9 Å². The van der Waals surface area contributed by atoms with Crippen LogP contribution < -0.4 is 10.2 Å². The average molecular weight is 308 g/mol. The number of halogens is 1. The zero-order valence-corrected chi connectivity index (χ0v) is 13.9. The molecule has 0 amide bonds. The second-order valence-electron chi connectivity index (χ2n) is 6.52. The van der Waals surface area contributed by atoms with Gasteiger partial charge in [-0.2, -0.15) is 0 Å². The van der Waals surface area contributed by atoms with Gasteiger partial charge in [-0.25, -0.2) is 0 Å². The Labute approximate surface area is 133 Å². The summed E-state index contributed by atoms with van der Waals surface area (Å²) >= 11 is 6.64. The molecular formula is C17H26ClN3. The molecule has 4 heteroatoms. The molecule has 0 aromatic heterocycles. The summed E-state index contributed by atoms with van der Waals surface area (Å²) in [4.78, 5) is 4.75. The minimum Gasteiger partial charge on any atom is -0.378 e. The van der Waals surface area contributed by atoms with Crippen molar-refractivity contribution in [2.24, 2.45) is 5.92 Å². The molecule has 3 rings (SSSR count). The van der Waals surface area contributed by atoms with Gasteiger partial charge < -0.3 is 10.2 Å². The maximum atomic E-state index is 6.64. The predicted molar refractivity (Wildman–Crippen MR) is 90.3 cm³/mol. The largest absolute Gasteiger partial charge is 0.378 e. The summed E-state index contributed by atoms with van der Waals surface area (Å²) in [6.45, 7) is 4.45. The van der Waals surface area contributed by atoms with Crippen LogP contribution in [-0.2, 0) is 0 Å². The molecule has 1 aromatic carbocycles. The first-order valence-electron chi connectivity index (χ1n) is 8.08. The molecule has 0 spiro atoms. The van der Waals surface area contributed by atoms with E-state index in [4.69, 9.17) is 11.6 Å². The highest BCUT2D eigenvalue weighted by Crippen LogP contribution is 2.44. The molecule has 2 aliphatic rings. The van der Waals surface area contributed by atoms with Crippen molar-refractivity contribution >= 4 is 17.3 Å². The Balaban J connectivity index is 1.88. The lowest BCUT2D eigenvalue weighted by molar-refractivity contribution is 0.0838. The fourth-order valence-corrected chi connectivity index (χ4v) is 3.79. The highest BCUT2D eigenvalue weighted by molar-refractivity contribution is 6.31. The lowest BCUT2D eigenvalue weighted by Crippen LogP contribution is -2.47. The van der Waals surface area contributed by atoms with Crippen molar-refractivity contribution in [3.63, 3.8) is 0 Å². The number of piperazine rings is 1. The summed E-state index contributed by atoms with van der Waals surface area (Å²) in [6.07, 6.45) is 4.07. The maximum absolute atomic E-state index is 6.64. The molecule has 3 nitrogen and oxygen atoms in total. The SMILES string of the molecule is CN(C)c1ccc([C@H](C2CCC2)N2CCNCC2)c(Cl)c1. The minimum atomic E-state index is 0.504. The Kier molecular flexibility index (Phi) is 4.72. The lowest BCUT2D eigenvalue weighted by atomic mass is 9.76. The third-order valence-electron chi connectivity index (χ3n) is 4.96. The van der Waals surface area contributed by atoms with Crippen LogP contribution in [0.2, 0.25) is 5.02 Å². The molecule has 0 unspecified atom stereocenters. The van der Waals surface area contributed by atoms with E-state index in [2.05, 4.69) is 47.4 Å². The van der Waals surface area contributed by atoms with E-state index >= 15 is 0 Å². The summed E-state index contributed by atoms with van der Waals surface area (Å²) < 4.78 is 0. The standard InChI is InChI=1S/C17H26ClN3/c1-20(2)14-6-7-15(16(18)12-14)17(13-4-3-5-13)21-10-8-19-9-11-21/h6-7,12-13,17,19H,3-5,8-11H2,1-2H3/t17-/m0/s1. The molecule has 1 atom stereocenters. The van der Waals surface area contributed by atoms with Crippen molar-refractivity contribution in [3.05, 3.63) is 28.8 Å². The van der Waals surface area contributed by atoms with Crippen LogP contribution in [0.3, 0.4) is 0 Å². The third kappa shape index (κ3) is 3.20. The van der Waals surface area contributed by atoms with E-state index in [1.54, 1.807) is 0 Å². The van der Waals surface area contributed by atoms with Crippen LogP contribution in [0.25, 0.3) is 0 Å². The van der Waals surface area contributed by atoms with E-state index in [0.717, 1.165) is 37.1 Å². The molecule has 21 heavy (non-hydrogen) atoms. The van der Waals surface area contributed by atoms with Gasteiger partial charge in [0, 0.05) is 57.0 Å². The molecule has 1 heterocycles. The van der Waals surface area contributed by atoms with Gasteiger partial charge in [-0.05, 0) is 36.5 Å². The first-order chi connectivity index (χ1) is 10.2. The smallest absolute Gasteiger partial charge is 0.0474 e. The fraction of sp³-hybridized carbons (Fsp3) is 0.647. The van der Waals surface area contributed by atoms with Gasteiger partial charge >= 0.3 is 0 Å². The summed E-state index contributed by atoms with van der Waals surface area (Å²) in [6, 6.07) is 7.08. The van der Waals surface area contributed by atoms with Crippen molar-refractivity contribution in [3.8, 4) is 0 Å². The molecule has 1 aromatic rings. The monoisotopic (exact) mass is 307 g/mol. The molecule has 2 fully saturated rings. The van der Waals surface area contributed by atoms with Crippen LogP contribution in [0.4, 0.5) is 5.69 Å². The number of anilines is 1. The molecule has 1 N–H and O–H groups in total. The lowest BCUT2D eigenvalue weighted by Gasteiger charge is -2.43. The van der Waals surface area contributed by atoms with E-state index in [1.807, 2.05) is 0 Å². The van der Waals surface area contributed by atoms with E-state index in [1.165, 1.54) is 30.5 Å². The van der Waals surface area contributed by atoms with Gasteiger partial charge in [-0.15, -0.1) is 0 Å². The van der Waals surface area contributed by atoms with Gasteiger partial charge in [0.2, 0.25) is 0 Å². The normalized spacial score (nSPS) is 21.9. The summed E-state index contributed by atoms with van der Waals surface area (Å²) in [5, 5.41) is 4.38. The van der Waals surface area contributed by atoms with Crippen LogP contribution >= 0.6 is 11.6 Å². The molecule has 1 aliphatic carbocycles. The zero-order chi connectivity index (χ0) is 14.8. The van der Waals surface area contributed by atoms with Crippen LogP contribution in [0.15, 0.2) is 18.2 Å². The second-order valence-corrected chi connectivity index (χ2v) is 6.93. The van der Waals surface area contributed by atoms with Gasteiger partial charge in [0.25, 0.3) is 0 Å². The molecular weight excluding hydrogens is 282 g/mol. The van der Waals surface area contributed by atoms with E-state index < -0.39 is 0 Å². The van der Waals surface area contributed by atoms with Crippen molar-refractivity contribution in [2.75, 3.05) is 45.2 Å². The summed E-state index contributed by atoms with van der Waals surface area (Å²) in [5.41, 5.74) is 2.50. The zero-order valence-electron chi connectivity index (χ0n) is 13.1. The number of rotatable bonds is 4. The molecule has 1 saturated carbocycles. The van der Waals surface area contributed by atoms with Crippen LogP contribution in [0.5, 0.6) is 0 Å². The third-order valence-corrected chi connectivity index (χ3v) is 5.29. The highest BCUT2D eigenvalue weighted by Gasteiger charge is 2.34. The molecule has 0 radical (unpaired) electrons. The molecule has 0 bridgehead atoms. The van der Waals surface area contributed by atoms with E-state index in [-0.39, 0.29) is 0 Å². The van der Waals surface area contributed by atoms with Crippen molar-refractivity contribution in [1.29, 1.82) is 0 Å². The Hall–Kier alpha value is -0.770. The quantitative estimate of drug-likeness (QED) is 0.922. The van der Waals surface area contributed by atoms with Gasteiger partial charge in [0.15, 0.2) is 0 Å². The topological polar surface area (TPSA) is 18.5 Å². The number of hydrogen-bond donors (Lipinski definition) is 1. The van der Waals surface area contributed by atoms with Crippen LogP contribution in [-0.4, -0.2) is 45.2 Å². The van der Waals surface area contributed by atoms with Crippen molar-refractivity contribution < 1.29 is 0 Å². The van der Waals surface area contributed by atoms with Gasteiger partial charge in [0.1, 0.15) is 0 Å². The average Bonchev–Trinajstić information content (AvgIpc) is 2.44.